The van der Waals surface area contributed by atoms with E-state index in [-0.39, 0.29) is 92.1 Å². The molecule has 0 amide bonds. The zero-order valence-electron chi connectivity index (χ0n) is 23.1. The van der Waals surface area contributed by atoms with E-state index >= 15 is 0 Å². The quantitative estimate of drug-likeness (QED) is 0.0306. The van der Waals surface area contributed by atoms with Crippen molar-refractivity contribution in [3.05, 3.63) is 25.3 Å². The van der Waals surface area contributed by atoms with Crippen molar-refractivity contribution in [2.75, 3.05) is 85.9 Å². The number of nitrogens with zero attached hydrogens (tertiary/aromatic N) is 1. The van der Waals surface area contributed by atoms with Gasteiger partial charge in [-0.15, -0.1) is 0 Å². The molecule has 0 fully saturated rings. The highest BCUT2D eigenvalue weighted by atomic mass is 16.6. The minimum Gasteiger partial charge on any atom is -0.460 e. The van der Waals surface area contributed by atoms with Gasteiger partial charge in [-0.25, -0.2) is 9.59 Å². The maximum absolute atomic E-state index is 11.1. The van der Waals surface area contributed by atoms with Gasteiger partial charge in [-0.3, -0.25) is 4.90 Å². The second-order valence-corrected chi connectivity index (χ2v) is 8.70. The molecule has 0 saturated heterocycles. The van der Waals surface area contributed by atoms with E-state index in [0.717, 1.165) is 12.2 Å². The van der Waals surface area contributed by atoms with Crippen molar-refractivity contribution in [1.82, 2.24) is 4.90 Å². The Morgan fingerprint density at radius 1 is 0.675 bits per heavy atom. The molecule has 40 heavy (non-hydrogen) atoms. The molecule has 14 nitrogen and oxygen atoms in total. The Labute approximate surface area is 235 Å². The monoisotopic (exact) mass is 581 g/mol. The van der Waals surface area contributed by atoms with Gasteiger partial charge in [0.25, 0.3) is 0 Å². The van der Waals surface area contributed by atoms with Crippen molar-refractivity contribution in [1.29, 1.82) is 0 Å². The van der Waals surface area contributed by atoms with Gasteiger partial charge in [0.1, 0.15) is 19.3 Å². The minimum atomic E-state index is -0.930. The standard InChI is InChI=1S/C26H47NO13/c1-3-25(33)39-16-22(31)6-13-36-19-24(38-14-7-23(32)17-40-26(34)4-2)18-35-12-5-21(30)15-37-20-27(8-10-28)9-11-29/h3-4,21-24,28-32H,1-2,5-20H2. The first-order valence-electron chi connectivity index (χ1n) is 13.2. The zero-order chi connectivity index (χ0) is 30.0. The zero-order valence-corrected chi connectivity index (χ0v) is 23.1. The molecule has 5 N–H and O–H groups in total. The van der Waals surface area contributed by atoms with Crippen LogP contribution in [0.2, 0.25) is 0 Å². The van der Waals surface area contributed by atoms with Crippen molar-refractivity contribution in [2.24, 2.45) is 0 Å². The van der Waals surface area contributed by atoms with Crippen LogP contribution < -0.4 is 0 Å². The van der Waals surface area contributed by atoms with Crippen LogP contribution in [0, 0.1) is 0 Å². The summed E-state index contributed by atoms with van der Waals surface area (Å²) in [5, 5.41) is 47.9. The predicted molar refractivity (Wildman–Crippen MR) is 142 cm³/mol. The van der Waals surface area contributed by atoms with Crippen molar-refractivity contribution in [3.8, 4) is 0 Å². The number of hydrogen-bond acceptors (Lipinski definition) is 14. The molecule has 0 aliphatic rings. The Hall–Kier alpha value is -1.98. The fourth-order valence-corrected chi connectivity index (χ4v) is 2.95. The molecule has 4 atom stereocenters. The van der Waals surface area contributed by atoms with Gasteiger partial charge in [-0.05, 0) is 12.8 Å². The van der Waals surface area contributed by atoms with E-state index in [9.17, 15) is 24.9 Å². The molecule has 0 rings (SSSR count). The molecule has 0 aromatic heterocycles. The van der Waals surface area contributed by atoms with Gasteiger partial charge in [-0.1, -0.05) is 13.2 Å². The third-order valence-electron chi connectivity index (χ3n) is 5.19. The van der Waals surface area contributed by atoms with Crippen LogP contribution >= 0.6 is 0 Å². The van der Waals surface area contributed by atoms with Crippen molar-refractivity contribution in [2.45, 2.75) is 43.7 Å². The number of aliphatic hydroxyl groups excluding tert-OH is 5. The summed E-state index contributed by atoms with van der Waals surface area (Å²) in [6, 6.07) is 0. The summed E-state index contributed by atoms with van der Waals surface area (Å²) >= 11 is 0. The largest absolute Gasteiger partial charge is 0.460 e. The summed E-state index contributed by atoms with van der Waals surface area (Å²) in [7, 11) is 0. The Bertz CT molecular complexity index is 661. The Morgan fingerprint density at radius 3 is 1.57 bits per heavy atom. The lowest BCUT2D eigenvalue weighted by Gasteiger charge is -2.21. The van der Waals surface area contributed by atoms with E-state index in [1.54, 1.807) is 4.90 Å². The summed E-state index contributed by atoms with van der Waals surface area (Å²) in [6.07, 6.45) is -0.458. The van der Waals surface area contributed by atoms with Crippen LogP contribution in [-0.4, -0.2) is 153 Å². The molecule has 234 valence electrons. The molecule has 0 aliphatic heterocycles. The van der Waals surface area contributed by atoms with E-state index in [0.29, 0.717) is 13.1 Å². The maximum Gasteiger partial charge on any atom is 0.330 e. The molecule has 4 unspecified atom stereocenters. The van der Waals surface area contributed by atoms with Gasteiger partial charge in [0.05, 0.1) is 58.1 Å². The summed E-state index contributed by atoms with van der Waals surface area (Å²) in [4.78, 5) is 23.9. The Kier molecular flexibility index (Phi) is 24.7. The average molecular weight is 582 g/mol. The molecule has 0 saturated carbocycles. The average Bonchev–Trinajstić information content (AvgIpc) is 2.94. The van der Waals surface area contributed by atoms with E-state index in [4.69, 9.17) is 38.6 Å². The second kappa shape index (κ2) is 26.0. The van der Waals surface area contributed by atoms with Crippen LogP contribution in [0.5, 0.6) is 0 Å². The van der Waals surface area contributed by atoms with E-state index < -0.39 is 36.4 Å². The van der Waals surface area contributed by atoms with Gasteiger partial charge < -0.3 is 54.0 Å². The second-order valence-electron chi connectivity index (χ2n) is 8.70. The lowest BCUT2D eigenvalue weighted by Crippen LogP contribution is -2.33. The van der Waals surface area contributed by atoms with E-state index in [1.165, 1.54) is 0 Å². The molecular formula is C26H47NO13. The van der Waals surface area contributed by atoms with E-state index in [1.807, 2.05) is 0 Å². The van der Waals surface area contributed by atoms with E-state index in [2.05, 4.69) is 13.2 Å². The van der Waals surface area contributed by atoms with Crippen LogP contribution in [0.3, 0.4) is 0 Å². The molecule has 0 radical (unpaired) electrons. The molecular weight excluding hydrogens is 534 g/mol. The minimum absolute atomic E-state index is 0.0541. The van der Waals surface area contributed by atoms with Gasteiger partial charge in [0.15, 0.2) is 0 Å². The number of esters is 2. The lowest BCUT2D eigenvalue weighted by atomic mass is 10.2. The van der Waals surface area contributed by atoms with Crippen LogP contribution in [-0.2, 0) is 38.0 Å². The summed E-state index contributed by atoms with van der Waals surface area (Å²) in [5.41, 5.74) is 0. The third-order valence-corrected chi connectivity index (χ3v) is 5.19. The third kappa shape index (κ3) is 22.8. The molecule has 0 aliphatic carbocycles. The highest BCUT2D eigenvalue weighted by Gasteiger charge is 2.15. The van der Waals surface area contributed by atoms with Gasteiger partial charge in [-0.2, -0.15) is 0 Å². The smallest absolute Gasteiger partial charge is 0.330 e. The van der Waals surface area contributed by atoms with Gasteiger partial charge in [0, 0.05) is 51.5 Å². The topological polar surface area (TPSA) is 194 Å². The van der Waals surface area contributed by atoms with Crippen LogP contribution in [0.4, 0.5) is 0 Å². The highest BCUT2D eigenvalue weighted by Crippen LogP contribution is 2.04. The lowest BCUT2D eigenvalue weighted by molar-refractivity contribution is -0.142. The Balaban J connectivity index is 4.43. The SMILES string of the molecule is C=CC(=O)OCC(O)CCOCC(COCCC(O)COCN(CCO)CCO)OCCC(O)COC(=O)C=C. The van der Waals surface area contributed by atoms with Crippen LogP contribution in [0.1, 0.15) is 19.3 Å². The fraction of sp³-hybridized carbons (Fsp3) is 0.769. The number of carbonyl (C=O) groups excluding carboxylic acids is 2. The molecule has 0 aromatic carbocycles. The fourth-order valence-electron chi connectivity index (χ4n) is 2.95. The van der Waals surface area contributed by atoms with Gasteiger partial charge >= 0.3 is 11.9 Å². The van der Waals surface area contributed by atoms with Crippen molar-refractivity contribution in [3.63, 3.8) is 0 Å². The number of rotatable bonds is 28. The normalized spacial score (nSPS) is 14.3. The summed E-state index contributed by atoms with van der Waals surface area (Å²) in [6.45, 7) is 7.67. The van der Waals surface area contributed by atoms with Crippen molar-refractivity contribution < 1.29 is 63.5 Å². The molecule has 0 bridgehead atoms. The predicted octanol–water partition coefficient (Wildman–Crippen LogP) is -1.62. The number of aliphatic hydroxyl groups is 5. The van der Waals surface area contributed by atoms with Gasteiger partial charge in [0.2, 0.25) is 0 Å². The van der Waals surface area contributed by atoms with Crippen LogP contribution in [0.15, 0.2) is 25.3 Å². The number of ether oxygens (including phenoxy) is 6. The number of carbonyl (C=O) groups is 2. The molecule has 14 heteroatoms. The Morgan fingerprint density at radius 2 is 1.12 bits per heavy atom. The maximum atomic E-state index is 11.1. The first-order chi connectivity index (χ1) is 19.2. The first-order valence-corrected chi connectivity index (χ1v) is 13.2. The summed E-state index contributed by atoms with van der Waals surface area (Å²) < 4.78 is 31.9. The van der Waals surface area contributed by atoms with Crippen LogP contribution in [0.25, 0.3) is 0 Å². The molecule has 0 aromatic rings. The highest BCUT2D eigenvalue weighted by molar-refractivity contribution is 5.81. The first kappa shape index (κ1) is 38.0. The molecule has 0 spiro atoms. The number of hydrogen-bond donors (Lipinski definition) is 5. The summed E-state index contributed by atoms with van der Waals surface area (Å²) in [5.74, 6) is -1.27. The van der Waals surface area contributed by atoms with Crippen molar-refractivity contribution >= 4 is 11.9 Å². The molecule has 0 heterocycles.